The quantitative estimate of drug-likeness (QED) is 0.856. The van der Waals surface area contributed by atoms with Crippen LogP contribution in [0, 0.1) is 11.3 Å². The summed E-state index contributed by atoms with van der Waals surface area (Å²) >= 11 is 11.9. The van der Waals surface area contributed by atoms with Gasteiger partial charge in [-0.2, -0.15) is 22.0 Å². The normalized spacial score (nSPS) is 11.6. The molecular weight excluding hydrogens is 335 g/mol. The van der Waals surface area contributed by atoms with Crippen molar-refractivity contribution >= 4 is 33.4 Å². The Kier molecular flexibility index (Phi) is 4.25. The number of hydrogen-bond acceptors (Lipinski definition) is 4. The number of nitriles is 1. The van der Waals surface area contributed by atoms with Crippen molar-refractivity contribution < 1.29 is 8.42 Å². The number of imidazole rings is 1. The smallest absolute Gasteiger partial charge is 0.216 e. The van der Waals surface area contributed by atoms with Crippen LogP contribution in [0.3, 0.4) is 0 Å². The fourth-order valence-corrected chi connectivity index (χ4v) is 3.16. The van der Waals surface area contributed by atoms with Crippen LogP contribution in [0.1, 0.15) is 5.82 Å². The largest absolute Gasteiger partial charge is 0.310 e. The Hall–Kier alpha value is -1.59. The average molecular weight is 345 g/mol. The van der Waals surface area contributed by atoms with Crippen LogP contribution in [-0.4, -0.2) is 35.8 Å². The summed E-state index contributed by atoms with van der Waals surface area (Å²) in [6.07, 6.45) is 0. The van der Waals surface area contributed by atoms with Gasteiger partial charge in [0.05, 0.1) is 0 Å². The Morgan fingerprint density at radius 3 is 2.29 bits per heavy atom. The van der Waals surface area contributed by atoms with Gasteiger partial charge < -0.3 is 0 Å². The second-order valence-corrected chi connectivity index (χ2v) is 7.03. The average Bonchev–Trinajstić information content (AvgIpc) is 2.77. The first-order chi connectivity index (χ1) is 9.78. The molecule has 0 atom stereocenters. The van der Waals surface area contributed by atoms with E-state index in [-0.39, 0.29) is 16.7 Å². The van der Waals surface area contributed by atoms with Gasteiger partial charge in [0.15, 0.2) is 5.15 Å². The molecule has 9 heteroatoms. The van der Waals surface area contributed by atoms with Crippen molar-refractivity contribution in [2.24, 2.45) is 0 Å². The van der Waals surface area contributed by atoms with E-state index in [2.05, 4.69) is 4.98 Å². The summed E-state index contributed by atoms with van der Waals surface area (Å²) in [5.74, 6) is -0.307. The molecule has 6 nitrogen and oxygen atoms in total. The van der Waals surface area contributed by atoms with Gasteiger partial charge in [-0.3, -0.25) is 0 Å². The van der Waals surface area contributed by atoms with E-state index in [1.54, 1.807) is 30.3 Å². The molecule has 21 heavy (non-hydrogen) atoms. The third kappa shape index (κ3) is 2.76. The molecule has 0 saturated carbocycles. The topological polar surface area (TPSA) is 79.0 Å². The van der Waals surface area contributed by atoms with E-state index in [1.807, 2.05) is 0 Å². The number of halogens is 2. The third-order valence-corrected chi connectivity index (χ3v) is 5.13. The minimum Gasteiger partial charge on any atom is -0.216 e. The van der Waals surface area contributed by atoms with E-state index in [0.717, 1.165) is 4.31 Å². The van der Waals surface area contributed by atoms with E-state index in [9.17, 15) is 8.42 Å². The minimum atomic E-state index is -3.94. The molecule has 0 amide bonds. The summed E-state index contributed by atoms with van der Waals surface area (Å²) in [4.78, 5) is 4.00. The molecule has 0 N–H and O–H groups in total. The highest BCUT2D eigenvalue weighted by atomic mass is 35.5. The number of rotatable bonds is 3. The highest BCUT2D eigenvalue weighted by Gasteiger charge is 2.27. The summed E-state index contributed by atoms with van der Waals surface area (Å²) in [5.41, 5.74) is 0.768. The fourth-order valence-electron chi connectivity index (χ4n) is 1.62. The second kappa shape index (κ2) is 5.66. The molecule has 0 unspecified atom stereocenters. The maximum atomic E-state index is 12.2. The molecule has 0 spiro atoms. The molecule has 1 heterocycles. The lowest BCUT2D eigenvalue weighted by molar-refractivity contribution is 0.510. The van der Waals surface area contributed by atoms with Crippen molar-refractivity contribution in [3.63, 3.8) is 0 Å². The van der Waals surface area contributed by atoms with Crippen LogP contribution >= 0.6 is 23.2 Å². The molecule has 0 aliphatic carbocycles. The molecule has 2 rings (SSSR count). The lowest BCUT2D eigenvalue weighted by atomic mass is 10.2. The van der Waals surface area contributed by atoms with Crippen molar-refractivity contribution in [1.82, 2.24) is 13.3 Å². The highest BCUT2D eigenvalue weighted by Crippen LogP contribution is 2.30. The van der Waals surface area contributed by atoms with E-state index < -0.39 is 10.2 Å². The zero-order valence-electron chi connectivity index (χ0n) is 11.1. The number of hydrogen-bond donors (Lipinski definition) is 0. The van der Waals surface area contributed by atoms with Crippen LogP contribution in [0.2, 0.25) is 10.2 Å². The zero-order chi connectivity index (χ0) is 15.8. The van der Waals surface area contributed by atoms with Crippen LogP contribution in [0.4, 0.5) is 0 Å². The molecule has 0 saturated heterocycles. The van der Waals surface area contributed by atoms with Crippen LogP contribution in [0.5, 0.6) is 0 Å². The Morgan fingerprint density at radius 1 is 1.24 bits per heavy atom. The van der Waals surface area contributed by atoms with Crippen LogP contribution < -0.4 is 0 Å². The van der Waals surface area contributed by atoms with E-state index in [4.69, 9.17) is 28.5 Å². The molecule has 0 radical (unpaired) electrons. The molecule has 0 aliphatic heterocycles. The first kappa shape index (κ1) is 15.8. The monoisotopic (exact) mass is 344 g/mol. The van der Waals surface area contributed by atoms with Gasteiger partial charge in [-0.05, 0) is 12.1 Å². The zero-order valence-corrected chi connectivity index (χ0v) is 13.4. The van der Waals surface area contributed by atoms with Crippen molar-refractivity contribution in [2.45, 2.75) is 0 Å². The maximum absolute atomic E-state index is 12.2. The lowest BCUT2D eigenvalue weighted by Crippen LogP contribution is -2.29. The maximum Gasteiger partial charge on any atom is 0.310 e. The van der Waals surface area contributed by atoms with Gasteiger partial charge in [0.25, 0.3) is 0 Å². The van der Waals surface area contributed by atoms with Crippen LogP contribution in [0.15, 0.2) is 24.3 Å². The first-order valence-corrected chi connectivity index (χ1v) is 7.81. The summed E-state index contributed by atoms with van der Waals surface area (Å²) < 4.78 is 26.1. The SMILES string of the molecule is CN(C)S(=O)(=O)n1c(C#N)nc(-c2ccc(Cl)cc2)c1Cl. The van der Waals surface area contributed by atoms with Gasteiger partial charge >= 0.3 is 10.2 Å². The Labute approximate surface area is 132 Å². The molecule has 0 bridgehead atoms. The molecule has 0 aliphatic rings. The molecular formula is C12H10Cl2N4O2S. The molecule has 2 aromatic rings. The van der Waals surface area contributed by atoms with Crippen LogP contribution in [0.25, 0.3) is 11.3 Å². The summed E-state index contributed by atoms with van der Waals surface area (Å²) in [6, 6.07) is 8.27. The summed E-state index contributed by atoms with van der Waals surface area (Å²) in [7, 11) is -1.25. The lowest BCUT2D eigenvalue weighted by Gasteiger charge is -2.13. The number of aromatic nitrogens is 2. The van der Waals surface area contributed by atoms with Crippen molar-refractivity contribution in [3.05, 3.63) is 40.3 Å². The third-order valence-electron chi connectivity index (χ3n) is 2.69. The van der Waals surface area contributed by atoms with Gasteiger partial charge in [0.1, 0.15) is 11.8 Å². The molecule has 1 aromatic heterocycles. The van der Waals surface area contributed by atoms with E-state index in [0.29, 0.717) is 14.6 Å². The van der Waals surface area contributed by atoms with Crippen LogP contribution in [-0.2, 0) is 10.2 Å². The predicted molar refractivity (Wildman–Crippen MR) is 80.4 cm³/mol. The fraction of sp³-hybridized carbons (Fsp3) is 0.167. The molecule has 110 valence electrons. The predicted octanol–water partition coefficient (Wildman–Crippen LogP) is 2.38. The number of benzene rings is 1. The highest BCUT2D eigenvalue weighted by molar-refractivity contribution is 7.87. The van der Waals surface area contributed by atoms with Crippen molar-refractivity contribution in [1.29, 1.82) is 5.26 Å². The van der Waals surface area contributed by atoms with Gasteiger partial charge in [-0.1, -0.05) is 35.3 Å². The molecule has 0 fully saturated rings. The van der Waals surface area contributed by atoms with Crippen molar-refractivity contribution in [2.75, 3.05) is 14.1 Å². The summed E-state index contributed by atoms with van der Waals surface area (Å²) in [6.45, 7) is 0. The van der Waals surface area contributed by atoms with Gasteiger partial charge in [-0.25, -0.2) is 4.98 Å². The Bertz CT molecular complexity index is 820. The minimum absolute atomic E-state index is 0.150. The number of nitrogens with zero attached hydrogens (tertiary/aromatic N) is 4. The second-order valence-electron chi connectivity index (χ2n) is 4.25. The van der Waals surface area contributed by atoms with Gasteiger partial charge in [0.2, 0.25) is 5.82 Å². The van der Waals surface area contributed by atoms with Gasteiger partial charge in [-0.15, -0.1) is 0 Å². The van der Waals surface area contributed by atoms with Gasteiger partial charge in [0, 0.05) is 24.7 Å². The van der Waals surface area contributed by atoms with Crippen molar-refractivity contribution in [3.8, 4) is 17.3 Å². The standard InChI is InChI=1S/C12H10Cl2N4O2S/c1-17(2)21(19,20)18-10(7-15)16-11(12(18)14)8-3-5-9(13)6-4-8/h3-6H,1-2H3. The molecule has 1 aromatic carbocycles. The Morgan fingerprint density at radius 2 is 1.81 bits per heavy atom. The summed E-state index contributed by atoms with van der Waals surface area (Å²) in [5, 5.41) is 9.47. The Balaban J connectivity index is 2.71. The van der Waals surface area contributed by atoms with E-state index in [1.165, 1.54) is 14.1 Å². The first-order valence-electron chi connectivity index (χ1n) is 5.66. The van der Waals surface area contributed by atoms with E-state index >= 15 is 0 Å².